The van der Waals surface area contributed by atoms with Crippen LogP contribution in [0, 0.1) is 6.92 Å². The van der Waals surface area contributed by atoms with Gasteiger partial charge < -0.3 is 10.2 Å². The van der Waals surface area contributed by atoms with Crippen molar-refractivity contribution in [1.29, 1.82) is 0 Å². The molecule has 7 nitrogen and oxygen atoms in total. The largest absolute Gasteiger partial charge is 0.350 e. The molecule has 41 heavy (non-hydrogen) atoms. The molecule has 1 N–H and O–H groups in total. The Morgan fingerprint density at radius 3 is 2.22 bits per heavy atom. The molecule has 0 bridgehead atoms. The molecule has 0 fully saturated rings. The lowest BCUT2D eigenvalue weighted by Crippen LogP contribution is -2.54. The van der Waals surface area contributed by atoms with Crippen molar-refractivity contribution in [3.63, 3.8) is 0 Å². The normalized spacial score (nSPS) is 12.4. The first kappa shape index (κ1) is 32.2. The molecule has 0 spiro atoms. The highest BCUT2D eigenvalue weighted by Crippen LogP contribution is 2.23. The van der Waals surface area contributed by atoms with Gasteiger partial charge in [-0.15, -0.1) is 0 Å². The Balaban J connectivity index is 1.91. The number of hydrogen-bond donors (Lipinski definition) is 1. The van der Waals surface area contributed by atoms with Gasteiger partial charge in [0, 0.05) is 36.5 Å². The summed E-state index contributed by atoms with van der Waals surface area (Å²) in [6.07, 6.45) is 1.81. The summed E-state index contributed by atoms with van der Waals surface area (Å²) in [4.78, 5) is 29.2. The maximum absolute atomic E-state index is 13.9. The maximum Gasteiger partial charge on any atom is 0.243 e. The molecule has 9 heteroatoms. The van der Waals surface area contributed by atoms with E-state index in [1.807, 2.05) is 82.3 Å². The predicted molar refractivity (Wildman–Crippen MR) is 166 cm³/mol. The third kappa shape index (κ3) is 9.90. The lowest BCUT2D eigenvalue weighted by Gasteiger charge is -2.34. The number of sulfonamides is 1. The second-order valence-electron chi connectivity index (χ2n) is 11.3. The highest BCUT2D eigenvalue weighted by molar-refractivity contribution is 7.92. The molecular formula is C32H40ClN3O4S. The molecule has 3 rings (SSSR count). The Hall–Kier alpha value is -3.36. The minimum absolute atomic E-state index is 0.0520. The zero-order valence-electron chi connectivity index (χ0n) is 24.4. The van der Waals surface area contributed by atoms with Crippen molar-refractivity contribution in [2.45, 2.75) is 65.1 Å². The highest BCUT2D eigenvalue weighted by atomic mass is 35.5. The molecule has 0 aliphatic rings. The summed E-state index contributed by atoms with van der Waals surface area (Å²) in [6.45, 7) is 7.86. The topological polar surface area (TPSA) is 86.8 Å². The van der Waals surface area contributed by atoms with E-state index in [9.17, 15) is 18.0 Å². The van der Waals surface area contributed by atoms with Gasteiger partial charge in [0.1, 0.15) is 6.04 Å². The molecule has 1 unspecified atom stereocenters. The van der Waals surface area contributed by atoms with Gasteiger partial charge in [0.05, 0.1) is 11.9 Å². The van der Waals surface area contributed by atoms with E-state index < -0.39 is 21.6 Å². The van der Waals surface area contributed by atoms with E-state index in [0.29, 0.717) is 17.1 Å². The lowest BCUT2D eigenvalue weighted by atomic mass is 10.00. The molecule has 3 aromatic carbocycles. The molecule has 0 saturated heterocycles. The summed E-state index contributed by atoms with van der Waals surface area (Å²) in [7, 11) is -3.57. The fourth-order valence-corrected chi connectivity index (χ4v) is 5.76. The third-order valence-electron chi connectivity index (χ3n) is 6.51. The molecule has 0 aliphatic heterocycles. The zero-order valence-corrected chi connectivity index (χ0v) is 26.0. The van der Waals surface area contributed by atoms with Crippen LogP contribution in [0.4, 0.5) is 5.69 Å². The van der Waals surface area contributed by atoms with Crippen molar-refractivity contribution in [2.24, 2.45) is 0 Å². The van der Waals surface area contributed by atoms with Gasteiger partial charge in [-0.25, -0.2) is 8.42 Å². The lowest BCUT2D eigenvalue weighted by molar-refractivity contribution is -0.142. The number of carbonyl (C=O) groups excluding carboxylic acids is 2. The van der Waals surface area contributed by atoms with E-state index in [2.05, 4.69) is 5.32 Å². The fourth-order valence-electron chi connectivity index (χ4n) is 4.60. The molecule has 0 heterocycles. The number of anilines is 1. The van der Waals surface area contributed by atoms with Crippen LogP contribution in [-0.4, -0.2) is 49.5 Å². The molecular weight excluding hydrogens is 558 g/mol. The third-order valence-corrected chi connectivity index (χ3v) is 8.07. The molecule has 0 saturated carbocycles. The number of nitrogens with zero attached hydrogens (tertiary/aromatic N) is 2. The highest BCUT2D eigenvalue weighted by Gasteiger charge is 2.32. The van der Waals surface area contributed by atoms with Crippen LogP contribution in [0.3, 0.4) is 0 Å². The second kappa shape index (κ2) is 14.0. The molecule has 3 aromatic rings. The summed E-state index contributed by atoms with van der Waals surface area (Å²) in [5.41, 5.74) is 2.63. The number of benzene rings is 3. The van der Waals surface area contributed by atoms with Crippen molar-refractivity contribution in [3.8, 4) is 0 Å². The molecule has 1 atom stereocenters. The molecule has 0 aliphatic carbocycles. The quantitative estimate of drug-likeness (QED) is 0.288. The van der Waals surface area contributed by atoms with Crippen LogP contribution < -0.4 is 9.62 Å². The summed E-state index contributed by atoms with van der Waals surface area (Å²) in [6, 6.07) is 23.3. The molecule has 220 valence electrons. The number of carbonyl (C=O) groups is 2. The van der Waals surface area contributed by atoms with E-state index in [1.165, 1.54) is 4.31 Å². The minimum Gasteiger partial charge on any atom is -0.350 e. The number of amides is 2. The van der Waals surface area contributed by atoms with E-state index in [1.54, 1.807) is 29.2 Å². The van der Waals surface area contributed by atoms with Gasteiger partial charge >= 0.3 is 0 Å². The number of rotatable bonds is 12. The first-order valence-electron chi connectivity index (χ1n) is 13.7. The maximum atomic E-state index is 13.9. The van der Waals surface area contributed by atoms with Gasteiger partial charge in [-0.05, 0) is 69.0 Å². The van der Waals surface area contributed by atoms with Crippen LogP contribution in [-0.2, 0) is 32.6 Å². The van der Waals surface area contributed by atoms with E-state index in [0.717, 1.165) is 22.9 Å². The number of hydrogen-bond acceptors (Lipinski definition) is 4. The van der Waals surface area contributed by atoms with Crippen molar-refractivity contribution >= 4 is 39.1 Å². The summed E-state index contributed by atoms with van der Waals surface area (Å²) < 4.78 is 26.6. The summed E-state index contributed by atoms with van der Waals surface area (Å²) >= 11 is 6.49. The summed E-state index contributed by atoms with van der Waals surface area (Å²) in [5.74, 6) is -0.521. The van der Waals surface area contributed by atoms with Crippen molar-refractivity contribution in [2.75, 3.05) is 17.1 Å². The molecule has 2 amide bonds. The average Bonchev–Trinajstić information content (AvgIpc) is 2.88. The number of nitrogens with one attached hydrogen (secondary N) is 1. The van der Waals surface area contributed by atoms with Crippen LogP contribution in [0.15, 0.2) is 78.9 Å². The Labute approximate surface area is 249 Å². The van der Waals surface area contributed by atoms with Crippen LogP contribution in [0.1, 0.15) is 50.3 Å². The van der Waals surface area contributed by atoms with Crippen molar-refractivity contribution in [3.05, 3.63) is 101 Å². The SMILES string of the molecule is Cc1cccc(N(CCCC(=O)N(Cc2ccccc2Cl)C(Cc2ccccc2)C(=O)NC(C)(C)C)S(C)(=O)=O)c1. The van der Waals surface area contributed by atoms with Crippen LogP contribution >= 0.6 is 11.6 Å². The van der Waals surface area contributed by atoms with Gasteiger partial charge in [-0.1, -0.05) is 72.3 Å². The zero-order chi connectivity index (χ0) is 30.2. The fraction of sp³-hybridized carbons (Fsp3) is 0.375. The average molecular weight is 598 g/mol. The van der Waals surface area contributed by atoms with E-state index >= 15 is 0 Å². The van der Waals surface area contributed by atoms with Gasteiger partial charge in [0.15, 0.2) is 0 Å². The Kier molecular flexibility index (Phi) is 11.0. The van der Waals surface area contributed by atoms with Crippen molar-refractivity contribution in [1.82, 2.24) is 10.2 Å². The van der Waals surface area contributed by atoms with Crippen LogP contribution in [0.5, 0.6) is 0 Å². The monoisotopic (exact) mass is 597 g/mol. The van der Waals surface area contributed by atoms with Gasteiger partial charge in [0.25, 0.3) is 0 Å². The van der Waals surface area contributed by atoms with Gasteiger partial charge in [-0.3, -0.25) is 13.9 Å². The Bertz CT molecular complexity index is 1440. The van der Waals surface area contributed by atoms with Crippen molar-refractivity contribution < 1.29 is 18.0 Å². The Morgan fingerprint density at radius 2 is 1.61 bits per heavy atom. The predicted octanol–water partition coefficient (Wildman–Crippen LogP) is 5.75. The smallest absolute Gasteiger partial charge is 0.243 e. The Morgan fingerprint density at radius 1 is 0.951 bits per heavy atom. The molecule has 0 radical (unpaired) electrons. The van der Waals surface area contributed by atoms with Gasteiger partial charge in [-0.2, -0.15) is 0 Å². The molecule has 0 aromatic heterocycles. The van der Waals surface area contributed by atoms with E-state index in [4.69, 9.17) is 11.6 Å². The number of halogens is 1. The first-order chi connectivity index (χ1) is 19.2. The number of aryl methyl sites for hydroxylation is 1. The van der Waals surface area contributed by atoms with Gasteiger partial charge in [0.2, 0.25) is 21.8 Å². The standard InChI is InChI=1S/C32H40ClN3O4S/c1-24-13-11-17-27(21-24)36(41(5,39)40)20-12-19-30(37)35(23-26-16-9-10-18-28(26)33)29(31(38)34-32(2,3)4)22-25-14-7-6-8-15-25/h6-11,13-18,21,29H,12,19-20,22-23H2,1-5H3,(H,34,38). The van der Waals surface area contributed by atoms with Crippen LogP contribution in [0.25, 0.3) is 0 Å². The van der Waals surface area contributed by atoms with E-state index in [-0.39, 0.29) is 37.7 Å². The first-order valence-corrected chi connectivity index (χ1v) is 15.9. The van der Waals surface area contributed by atoms with Crippen LogP contribution in [0.2, 0.25) is 5.02 Å². The second-order valence-corrected chi connectivity index (χ2v) is 13.6. The summed E-state index contributed by atoms with van der Waals surface area (Å²) in [5, 5.41) is 3.55. The minimum atomic E-state index is -3.57.